The Kier molecular flexibility index (Phi) is 5.99. The van der Waals surface area contributed by atoms with Crippen molar-refractivity contribution in [1.29, 1.82) is 0 Å². The molecular formula is C16H21F3N2O4S. The summed E-state index contributed by atoms with van der Waals surface area (Å²) >= 11 is 0. The van der Waals surface area contributed by atoms with Crippen LogP contribution in [0.25, 0.3) is 0 Å². The van der Waals surface area contributed by atoms with Gasteiger partial charge < -0.3 is 10.0 Å². The molecule has 0 spiro atoms. The van der Waals surface area contributed by atoms with E-state index in [4.69, 9.17) is 9.90 Å². The van der Waals surface area contributed by atoms with Crippen molar-refractivity contribution in [1.82, 2.24) is 9.21 Å². The SMILES string of the molecule is Cc1ccc(S(=O)(=O)N2CC[C@H]3[C@H]2CCN3C)cc1.O=C(O)C(F)(F)F. The first-order valence-corrected chi connectivity index (χ1v) is 9.47. The van der Waals surface area contributed by atoms with E-state index in [0.717, 1.165) is 24.9 Å². The molecule has 0 saturated carbocycles. The van der Waals surface area contributed by atoms with Gasteiger partial charge in [-0.2, -0.15) is 17.5 Å². The number of carboxylic acid groups (broad SMARTS) is 1. The van der Waals surface area contributed by atoms with E-state index in [2.05, 4.69) is 11.9 Å². The number of aliphatic carboxylic acids is 1. The van der Waals surface area contributed by atoms with Gasteiger partial charge in [-0.25, -0.2) is 13.2 Å². The molecule has 2 atom stereocenters. The minimum absolute atomic E-state index is 0.163. The highest BCUT2D eigenvalue weighted by Gasteiger charge is 2.46. The second-order valence-corrected chi connectivity index (χ2v) is 8.31. The van der Waals surface area contributed by atoms with Crippen molar-refractivity contribution in [3.05, 3.63) is 29.8 Å². The van der Waals surface area contributed by atoms with Crippen molar-refractivity contribution < 1.29 is 31.5 Å². The summed E-state index contributed by atoms with van der Waals surface area (Å²) in [4.78, 5) is 11.6. The molecule has 0 aromatic heterocycles. The number of carboxylic acids is 1. The third-order valence-corrected chi connectivity index (χ3v) is 6.61. The molecule has 6 nitrogen and oxygen atoms in total. The fraction of sp³-hybridized carbons (Fsp3) is 0.562. The molecule has 0 amide bonds. The van der Waals surface area contributed by atoms with E-state index < -0.39 is 22.2 Å². The predicted molar refractivity (Wildman–Crippen MR) is 88.2 cm³/mol. The highest BCUT2D eigenvalue weighted by Crippen LogP contribution is 2.34. The average molecular weight is 394 g/mol. The van der Waals surface area contributed by atoms with E-state index in [0.29, 0.717) is 17.5 Å². The predicted octanol–water partition coefficient (Wildman–Crippen LogP) is 2.10. The lowest BCUT2D eigenvalue weighted by atomic mass is 10.1. The standard InChI is InChI=1S/C14H20N2O2S.C2HF3O2/c1-11-3-5-12(6-4-11)19(17,18)16-10-8-13-14(16)7-9-15(13)2;3-2(4,5)1(6)7/h3-6,13-14H,7-10H2,1-2H3;(H,6,7)/t13-,14+;/m0./s1. The lowest BCUT2D eigenvalue weighted by Crippen LogP contribution is -2.38. The minimum Gasteiger partial charge on any atom is -0.475 e. The summed E-state index contributed by atoms with van der Waals surface area (Å²) in [6.07, 6.45) is -3.18. The van der Waals surface area contributed by atoms with E-state index in [9.17, 15) is 21.6 Å². The highest BCUT2D eigenvalue weighted by atomic mass is 32.2. The summed E-state index contributed by atoms with van der Waals surface area (Å²) in [6.45, 7) is 3.61. The molecule has 146 valence electrons. The van der Waals surface area contributed by atoms with Crippen molar-refractivity contribution in [2.24, 2.45) is 0 Å². The summed E-state index contributed by atoms with van der Waals surface area (Å²) in [7, 11) is -1.24. The summed E-state index contributed by atoms with van der Waals surface area (Å²) in [5.74, 6) is -2.76. The Morgan fingerprint density at radius 1 is 1.12 bits per heavy atom. The van der Waals surface area contributed by atoms with Crippen LogP contribution in [0.3, 0.4) is 0 Å². The number of rotatable bonds is 2. The summed E-state index contributed by atoms with van der Waals surface area (Å²) < 4.78 is 58.9. The normalized spacial score (nSPS) is 24.0. The molecule has 26 heavy (non-hydrogen) atoms. The second-order valence-electron chi connectivity index (χ2n) is 6.42. The van der Waals surface area contributed by atoms with Crippen LogP contribution in [-0.2, 0) is 14.8 Å². The van der Waals surface area contributed by atoms with Gasteiger partial charge >= 0.3 is 12.1 Å². The van der Waals surface area contributed by atoms with Gasteiger partial charge in [0.25, 0.3) is 0 Å². The lowest BCUT2D eigenvalue weighted by molar-refractivity contribution is -0.192. The van der Waals surface area contributed by atoms with Crippen LogP contribution in [0.5, 0.6) is 0 Å². The Labute approximate surface area is 150 Å². The van der Waals surface area contributed by atoms with Gasteiger partial charge in [0.1, 0.15) is 0 Å². The third-order valence-electron chi connectivity index (χ3n) is 4.67. The molecule has 1 aromatic rings. The van der Waals surface area contributed by atoms with E-state index in [-0.39, 0.29) is 6.04 Å². The van der Waals surface area contributed by atoms with Crippen molar-refractivity contribution in [3.8, 4) is 0 Å². The number of likely N-dealkylation sites (tertiary alicyclic amines) is 1. The van der Waals surface area contributed by atoms with Crippen LogP contribution in [0.1, 0.15) is 18.4 Å². The zero-order valence-electron chi connectivity index (χ0n) is 14.4. The molecule has 0 bridgehead atoms. The second kappa shape index (κ2) is 7.53. The Hall–Kier alpha value is -1.65. The molecule has 0 unspecified atom stereocenters. The molecule has 1 N–H and O–H groups in total. The van der Waals surface area contributed by atoms with Crippen LogP contribution in [-0.4, -0.2) is 67.1 Å². The number of halogens is 3. The number of nitrogens with zero attached hydrogens (tertiary/aromatic N) is 2. The third kappa shape index (κ3) is 4.36. The molecule has 2 aliphatic rings. The Balaban J connectivity index is 0.000000298. The summed E-state index contributed by atoms with van der Waals surface area (Å²) in [5, 5.41) is 7.12. The largest absolute Gasteiger partial charge is 0.490 e. The van der Waals surface area contributed by atoms with Gasteiger partial charge in [-0.3, -0.25) is 0 Å². The average Bonchev–Trinajstić information content (AvgIpc) is 3.11. The van der Waals surface area contributed by atoms with Crippen LogP contribution in [0.4, 0.5) is 13.2 Å². The van der Waals surface area contributed by atoms with Crippen molar-refractivity contribution in [2.75, 3.05) is 20.1 Å². The van der Waals surface area contributed by atoms with E-state index in [1.807, 2.05) is 19.1 Å². The number of sulfonamides is 1. The number of aryl methyl sites for hydroxylation is 1. The van der Waals surface area contributed by atoms with E-state index >= 15 is 0 Å². The number of hydrogen-bond donors (Lipinski definition) is 1. The summed E-state index contributed by atoms with van der Waals surface area (Å²) in [5.41, 5.74) is 1.08. The first-order valence-electron chi connectivity index (χ1n) is 8.03. The quantitative estimate of drug-likeness (QED) is 0.831. The van der Waals surface area contributed by atoms with Crippen molar-refractivity contribution >= 4 is 16.0 Å². The number of fused-ring (bicyclic) bond motifs is 1. The van der Waals surface area contributed by atoms with Crippen LogP contribution in [0.2, 0.25) is 0 Å². The zero-order valence-corrected chi connectivity index (χ0v) is 15.2. The summed E-state index contributed by atoms with van der Waals surface area (Å²) in [6, 6.07) is 7.73. The first-order chi connectivity index (χ1) is 11.9. The van der Waals surface area contributed by atoms with Crippen LogP contribution < -0.4 is 0 Å². The van der Waals surface area contributed by atoms with Crippen LogP contribution >= 0.6 is 0 Å². The van der Waals surface area contributed by atoms with Gasteiger partial charge in [0, 0.05) is 18.6 Å². The molecule has 2 aliphatic heterocycles. The molecule has 2 saturated heterocycles. The molecule has 0 radical (unpaired) electrons. The molecule has 3 rings (SSSR count). The monoisotopic (exact) mass is 394 g/mol. The maximum absolute atomic E-state index is 12.7. The molecular weight excluding hydrogens is 373 g/mol. The zero-order chi connectivity index (χ0) is 19.7. The van der Waals surface area contributed by atoms with Gasteiger partial charge in [-0.1, -0.05) is 17.7 Å². The van der Waals surface area contributed by atoms with Gasteiger partial charge in [-0.05, 0) is 45.5 Å². The number of benzene rings is 1. The number of carbonyl (C=O) groups is 1. The smallest absolute Gasteiger partial charge is 0.475 e. The van der Waals surface area contributed by atoms with Gasteiger partial charge in [0.05, 0.1) is 4.90 Å². The van der Waals surface area contributed by atoms with Crippen molar-refractivity contribution in [3.63, 3.8) is 0 Å². The molecule has 0 aliphatic carbocycles. The minimum atomic E-state index is -5.08. The number of alkyl halides is 3. The molecule has 1 aromatic carbocycles. The number of likely N-dealkylation sites (N-methyl/N-ethyl adjacent to an activating group) is 1. The molecule has 10 heteroatoms. The highest BCUT2D eigenvalue weighted by molar-refractivity contribution is 7.89. The first kappa shape index (κ1) is 20.7. The Morgan fingerprint density at radius 3 is 2.12 bits per heavy atom. The lowest BCUT2D eigenvalue weighted by Gasteiger charge is -2.23. The maximum Gasteiger partial charge on any atom is 0.490 e. The van der Waals surface area contributed by atoms with Gasteiger partial charge in [0.2, 0.25) is 10.0 Å². The van der Waals surface area contributed by atoms with Gasteiger partial charge in [0.15, 0.2) is 0 Å². The maximum atomic E-state index is 12.7. The fourth-order valence-electron chi connectivity index (χ4n) is 3.31. The number of hydrogen-bond acceptors (Lipinski definition) is 4. The topological polar surface area (TPSA) is 77.9 Å². The Bertz CT molecular complexity index is 750. The fourth-order valence-corrected chi connectivity index (χ4v) is 5.00. The molecule has 2 heterocycles. The van der Waals surface area contributed by atoms with Gasteiger partial charge in [-0.15, -0.1) is 0 Å². The van der Waals surface area contributed by atoms with Crippen LogP contribution in [0.15, 0.2) is 29.2 Å². The van der Waals surface area contributed by atoms with Crippen LogP contribution in [0, 0.1) is 6.92 Å². The Morgan fingerprint density at radius 2 is 1.62 bits per heavy atom. The van der Waals surface area contributed by atoms with E-state index in [1.54, 1.807) is 16.4 Å². The molecule has 2 fully saturated rings. The van der Waals surface area contributed by atoms with Crippen molar-refractivity contribution in [2.45, 2.75) is 42.9 Å². The van der Waals surface area contributed by atoms with E-state index in [1.165, 1.54) is 0 Å².